The molecule has 3 rings (SSSR count). The predicted molar refractivity (Wildman–Crippen MR) is 85.0 cm³/mol. The Morgan fingerprint density at radius 2 is 1.75 bits per heavy atom. The SMILES string of the molecule is OC(CNCc1ccc(-c2c(F)cccc2F)o1)c1ccncc1. The number of hydrogen-bond donors (Lipinski definition) is 2. The van der Waals surface area contributed by atoms with Crippen LogP contribution < -0.4 is 5.32 Å². The minimum absolute atomic E-state index is 0.136. The topological polar surface area (TPSA) is 58.3 Å². The molecule has 6 heteroatoms. The van der Waals surface area contributed by atoms with Gasteiger partial charge in [-0.3, -0.25) is 4.98 Å². The van der Waals surface area contributed by atoms with Crippen LogP contribution in [-0.4, -0.2) is 16.6 Å². The van der Waals surface area contributed by atoms with E-state index in [-0.39, 0.29) is 11.3 Å². The van der Waals surface area contributed by atoms with Crippen LogP contribution in [0.3, 0.4) is 0 Å². The van der Waals surface area contributed by atoms with Gasteiger partial charge in [-0.2, -0.15) is 0 Å². The third-order valence-electron chi connectivity index (χ3n) is 3.60. The summed E-state index contributed by atoms with van der Waals surface area (Å²) >= 11 is 0. The molecule has 4 nitrogen and oxygen atoms in total. The van der Waals surface area contributed by atoms with Crippen molar-refractivity contribution in [2.24, 2.45) is 0 Å². The molecule has 24 heavy (non-hydrogen) atoms. The number of halogens is 2. The number of nitrogens with zero attached hydrogens (tertiary/aromatic N) is 1. The highest BCUT2D eigenvalue weighted by molar-refractivity contribution is 5.59. The zero-order chi connectivity index (χ0) is 16.9. The molecule has 2 heterocycles. The van der Waals surface area contributed by atoms with Crippen LogP contribution in [0.2, 0.25) is 0 Å². The molecule has 0 amide bonds. The highest BCUT2D eigenvalue weighted by Gasteiger charge is 2.15. The molecular weight excluding hydrogens is 314 g/mol. The van der Waals surface area contributed by atoms with E-state index in [0.717, 1.165) is 5.56 Å². The smallest absolute Gasteiger partial charge is 0.140 e. The highest BCUT2D eigenvalue weighted by atomic mass is 19.1. The molecule has 0 saturated heterocycles. The van der Waals surface area contributed by atoms with Crippen molar-refractivity contribution in [1.29, 1.82) is 0 Å². The van der Waals surface area contributed by atoms with E-state index in [1.807, 2.05) is 0 Å². The normalized spacial score (nSPS) is 12.3. The average molecular weight is 330 g/mol. The summed E-state index contributed by atoms with van der Waals surface area (Å²) in [5, 5.41) is 13.1. The molecule has 0 bridgehead atoms. The van der Waals surface area contributed by atoms with E-state index in [0.29, 0.717) is 18.8 Å². The molecular formula is C18H16F2N2O2. The Morgan fingerprint density at radius 3 is 2.46 bits per heavy atom. The van der Waals surface area contributed by atoms with Gasteiger partial charge in [0.15, 0.2) is 0 Å². The largest absolute Gasteiger partial charge is 0.460 e. The van der Waals surface area contributed by atoms with E-state index in [9.17, 15) is 13.9 Å². The molecule has 3 aromatic rings. The predicted octanol–water partition coefficient (Wildman–Crippen LogP) is 3.44. The molecule has 1 atom stereocenters. The van der Waals surface area contributed by atoms with Crippen LogP contribution in [0.1, 0.15) is 17.4 Å². The minimum atomic E-state index is -0.675. The molecule has 0 aliphatic heterocycles. The number of furan rings is 1. The van der Waals surface area contributed by atoms with Gasteiger partial charge in [-0.15, -0.1) is 0 Å². The zero-order valence-corrected chi connectivity index (χ0v) is 12.7. The molecule has 0 aliphatic rings. The van der Waals surface area contributed by atoms with Gasteiger partial charge in [-0.05, 0) is 42.0 Å². The molecule has 2 N–H and O–H groups in total. The van der Waals surface area contributed by atoms with Crippen LogP contribution in [-0.2, 0) is 6.54 Å². The second-order valence-electron chi connectivity index (χ2n) is 5.29. The van der Waals surface area contributed by atoms with Gasteiger partial charge >= 0.3 is 0 Å². The molecule has 0 fully saturated rings. The third-order valence-corrected chi connectivity index (χ3v) is 3.60. The van der Waals surface area contributed by atoms with E-state index in [2.05, 4.69) is 10.3 Å². The van der Waals surface area contributed by atoms with Crippen molar-refractivity contribution in [3.63, 3.8) is 0 Å². The summed E-state index contributed by atoms with van der Waals surface area (Å²) in [5.74, 6) is -0.680. The van der Waals surface area contributed by atoms with Crippen LogP contribution in [0.4, 0.5) is 8.78 Å². The van der Waals surface area contributed by atoms with Crippen LogP contribution in [0.15, 0.2) is 59.3 Å². The summed E-state index contributed by atoms with van der Waals surface area (Å²) in [6, 6.07) is 10.3. The first-order valence-electron chi connectivity index (χ1n) is 7.47. The van der Waals surface area contributed by atoms with Crippen molar-refractivity contribution in [3.8, 4) is 11.3 Å². The maximum atomic E-state index is 13.7. The lowest BCUT2D eigenvalue weighted by atomic mass is 10.1. The quantitative estimate of drug-likeness (QED) is 0.727. The molecule has 0 saturated carbocycles. The van der Waals surface area contributed by atoms with Crippen molar-refractivity contribution in [2.45, 2.75) is 12.6 Å². The summed E-state index contributed by atoms with van der Waals surface area (Å²) < 4.78 is 33.0. The average Bonchev–Trinajstić information content (AvgIpc) is 3.04. The fraction of sp³-hybridized carbons (Fsp3) is 0.167. The van der Waals surface area contributed by atoms with Gasteiger partial charge in [-0.1, -0.05) is 6.07 Å². The fourth-order valence-corrected chi connectivity index (χ4v) is 2.38. The second-order valence-corrected chi connectivity index (χ2v) is 5.29. The van der Waals surface area contributed by atoms with Crippen LogP contribution in [0.25, 0.3) is 11.3 Å². The van der Waals surface area contributed by atoms with Crippen molar-refractivity contribution >= 4 is 0 Å². The fourth-order valence-electron chi connectivity index (χ4n) is 2.38. The maximum absolute atomic E-state index is 13.7. The Kier molecular flexibility index (Phi) is 4.98. The van der Waals surface area contributed by atoms with Crippen molar-refractivity contribution in [1.82, 2.24) is 10.3 Å². The highest BCUT2D eigenvalue weighted by Crippen LogP contribution is 2.27. The number of pyridine rings is 1. The molecule has 2 aromatic heterocycles. The number of rotatable bonds is 6. The lowest BCUT2D eigenvalue weighted by Gasteiger charge is -2.11. The first-order valence-corrected chi connectivity index (χ1v) is 7.47. The van der Waals surface area contributed by atoms with E-state index >= 15 is 0 Å². The van der Waals surface area contributed by atoms with Gasteiger partial charge in [0.2, 0.25) is 0 Å². The lowest BCUT2D eigenvalue weighted by molar-refractivity contribution is 0.173. The van der Waals surface area contributed by atoms with Crippen molar-refractivity contribution < 1.29 is 18.3 Å². The summed E-state index contributed by atoms with van der Waals surface area (Å²) in [6.07, 6.45) is 2.55. The van der Waals surface area contributed by atoms with Crippen LogP contribution in [0.5, 0.6) is 0 Å². The Balaban J connectivity index is 1.61. The maximum Gasteiger partial charge on any atom is 0.140 e. The number of aromatic nitrogens is 1. The molecule has 1 unspecified atom stereocenters. The summed E-state index contributed by atoms with van der Waals surface area (Å²) in [6.45, 7) is 0.645. The molecule has 0 radical (unpaired) electrons. The number of aliphatic hydroxyl groups is 1. The van der Waals surface area contributed by atoms with Crippen molar-refractivity contribution in [3.05, 3.63) is 77.8 Å². The molecule has 0 aliphatic carbocycles. The van der Waals surface area contributed by atoms with Crippen molar-refractivity contribution in [2.75, 3.05) is 6.54 Å². The third kappa shape index (κ3) is 3.67. The van der Waals surface area contributed by atoms with Gasteiger partial charge in [0.1, 0.15) is 23.2 Å². The van der Waals surface area contributed by atoms with E-state index in [4.69, 9.17) is 4.42 Å². The minimum Gasteiger partial charge on any atom is -0.460 e. The van der Waals surface area contributed by atoms with E-state index in [1.54, 1.807) is 30.6 Å². The standard InChI is InChI=1S/C18H16F2N2O2/c19-14-2-1-3-15(20)18(14)17-5-4-13(24-17)10-22-11-16(23)12-6-8-21-9-7-12/h1-9,16,22-23H,10-11H2. The number of hydrogen-bond acceptors (Lipinski definition) is 4. The van der Waals surface area contributed by atoms with Gasteiger partial charge in [0, 0.05) is 18.9 Å². The molecule has 0 spiro atoms. The number of benzene rings is 1. The summed E-state index contributed by atoms with van der Waals surface area (Å²) in [7, 11) is 0. The Bertz CT molecular complexity index is 786. The van der Waals surface area contributed by atoms with Gasteiger partial charge in [0.25, 0.3) is 0 Å². The Hall–Kier alpha value is -2.57. The zero-order valence-electron chi connectivity index (χ0n) is 12.7. The summed E-state index contributed by atoms with van der Waals surface area (Å²) in [5.41, 5.74) is 0.576. The first kappa shape index (κ1) is 16.3. The van der Waals surface area contributed by atoms with Gasteiger partial charge in [-0.25, -0.2) is 8.78 Å². The number of nitrogens with one attached hydrogen (secondary N) is 1. The Morgan fingerprint density at radius 1 is 1.04 bits per heavy atom. The second kappa shape index (κ2) is 7.33. The van der Waals surface area contributed by atoms with E-state index in [1.165, 1.54) is 24.3 Å². The number of aliphatic hydroxyl groups excluding tert-OH is 1. The van der Waals surface area contributed by atoms with Gasteiger partial charge < -0.3 is 14.8 Å². The monoisotopic (exact) mass is 330 g/mol. The molecule has 1 aromatic carbocycles. The molecule has 124 valence electrons. The first-order chi connectivity index (χ1) is 11.6. The van der Waals surface area contributed by atoms with E-state index < -0.39 is 17.7 Å². The van der Waals surface area contributed by atoms with Crippen LogP contribution >= 0.6 is 0 Å². The van der Waals surface area contributed by atoms with Crippen LogP contribution in [0, 0.1) is 11.6 Å². The Labute approximate surface area is 137 Å². The van der Waals surface area contributed by atoms with Gasteiger partial charge in [0.05, 0.1) is 18.2 Å². The summed E-state index contributed by atoms with van der Waals surface area (Å²) in [4.78, 5) is 3.89. The lowest BCUT2D eigenvalue weighted by Crippen LogP contribution is -2.20.